The Morgan fingerprint density at radius 3 is 2.53 bits per heavy atom. The molecule has 0 aliphatic carbocycles. The quantitative estimate of drug-likeness (QED) is 0.562. The molecule has 2 N–H and O–H groups in total. The number of carbonyl (C=O) groups excluding carboxylic acids is 1. The van der Waals surface area contributed by atoms with E-state index in [1.54, 1.807) is 18.5 Å². The van der Waals surface area contributed by atoms with Crippen LogP contribution in [-0.4, -0.2) is 56.1 Å². The molecule has 3 aliphatic heterocycles. The van der Waals surface area contributed by atoms with Crippen molar-refractivity contribution in [2.45, 2.75) is 38.4 Å². The van der Waals surface area contributed by atoms with Gasteiger partial charge in [-0.05, 0) is 6.07 Å². The summed E-state index contributed by atoms with van der Waals surface area (Å²) in [6.07, 6.45) is 7.66. The first-order valence-electron chi connectivity index (χ1n) is 10.7. The number of pyridine rings is 1. The molecule has 6 heterocycles. The van der Waals surface area contributed by atoms with Crippen LogP contribution in [0.2, 0.25) is 0 Å². The first-order chi connectivity index (χ1) is 16.2. The summed E-state index contributed by atoms with van der Waals surface area (Å²) in [7, 11) is 0. The van der Waals surface area contributed by atoms with E-state index in [0.717, 1.165) is 32.3 Å². The number of morpholine rings is 1. The standard InChI is InChI=1S/C22H22F2N8O2/c1-12(33)29-19-6-16(30-18-3-4-25-21(31-18)22(2,23)24)15(7-27-19)17-8-28-20(9-26-17)32-10-13-5-14(11-32)34-13/h3-4,6-9,13-14H,5,10-11H2,1-2H3,(H2,25,27,29,30,31,33)/t13-,14+. The van der Waals surface area contributed by atoms with Gasteiger partial charge in [-0.2, -0.15) is 8.78 Å². The Morgan fingerprint density at radius 2 is 1.88 bits per heavy atom. The summed E-state index contributed by atoms with van der Waals surface area (Å²) in [6, 6.07) is 3.05. The fourth-order valence-electron chi connectivity index (χ4n) is 3.96. The SMILES string of the molecule is CC(=O)Nc1cc(Nc2ccnc(C(C)(F)F)n2)c(-c2cnc(N3C[C@H]4C[C@@H](C3)O4)cn2)cn1. The van der Waals surface area contributed by atoms with Crippen LogP contribution in [-0.2, 0) is 15.5 Å². The van der Waals surface area contributed by atoms with E-state index < -0.39 is 11.7 Å². The predicted octanol–water partition coefficient (Wildman–Crippen LogP) is 3.12. The van der Waals surface area contributed by atoms with Crippen molar-refractivity contribution in [2.24, 2.45) is 0 Å². The number of aromatic nitrogens is 5. The molecule has 2 bridgehead atoms. The number of hydrogen-bond acceptors (Lipinski definition) is 9. The van der Waals surface area contributed by atoms with Crippen molar-refractivity contribution in [3.63, 3.8) is 0 Å². The van der Waals surface area contributed by atoms with E-state index in [-0.39, 0.29) is 29.8 Å². The molecule has 3 fully saturated rings. The lowest BCUT2D eigenvalue weighted by Gasteiger charge is -2.47. The molecule has 34 heavy (non-hydrogen) atoms. The Morgan fingerprint density at radius 1 is 1.12 bits per heavy atom. The summed E-state index contributed by atoms with van der Waals surface area (Å²) >= 11 is 0. The smallest absolute Gasteiger partial charge is 0.303 e. The zero-order valence-electron chi connectivity index (χ0n) is 18.5. The number of piperidine rings is 1. The topological polar surface area (TPSA) is 118 Å². The average molecular weight is 468 g/mol. The third-order valence-electron chi connectivity index (χ3n) is 5.52. The maximum Gasteiger partial charge on any atom is 0.303 e. The van der Waals surface area contributed by atoms with E-state index in [9.17, 15) is 13.6 Å². The number of halogens is 2. The average Bonchev–Trinajstić information content (AvgIpc) is 2.78. The van der Waals surface area contributed by atoms with Gasteiger partial charge in [0.2, 0.25) is 11.7 Å². The highest BCUT2D eigenvalue weighted by Gasteiger charge is 2.38. The van der Waals surface area contributed by atoms with Crippen molar-refractivity contribution in [3.05, 3.63) is 42.7 Å². The minimum atomic E-state index is -3.19. The zero-order valence-corrected chi connectivity index (χ0v) is 18.5. The van der Waals surface area contributed by atoms with Gasteiger partial charge in [0.1, 0.15) is 17.5 Å². The molecular formula is C22H22F2N8O2. The number of nitrogens with zero attached hydrogens (tertiary/aromatic N) is 6. The van der Waals surface area contributed by atoms with Crippen LogP contribution in [0.15, 0.2) is 36.9 Å². The molecule has 1 amide bonds. The minimum absolute atomic E-state index is 0.157. The minimum Gasteiger partial charge on any atom is -0.371 e. The van der Waals surface area contributed by atoms with Gasteiger partial charge in [-0.15, -0.1) is 0 Å². The maximum atomic E-state index is 13.7. The lowest BCUT2D eigenvalue weighted by Crippen LogP contribution is -2.57. The number of rotatable bonds is 6. The fraction of sp³-hybridized carbons (Fsp3) is 0.364. The van der Waals surface area contributed by atoms with Crippen LogP contribution in [0.4, 0.5) is 31.9 Å². The molecule has 6 rings (SSSR count). The van der Waals surface area contributed by atoms with Crippen LogP contribution in [0.3, 0.4) is 0 Å². The normalized spacial score (nSPS) is 19.4. The van der Waals surface area contributed by atoms with Crippen LogP contribution >= 0.6 is 0 Å². The van der Waals surface area contributed by atoms with Gasteiger partial charge in [-0.1, -0.05) is 0 Å². The molecule has 0 aromatic carbocycles. The van der Waals surface area contributed by atoms with Crippen molar-refractivity contribution in [1.29, 1.82) is 0 Å². The van der Waals surface area contributed by atoms with Gasteiger partial charge in [0.05, 0.1) is 36.0 Å². The van der Waals surface area contributed by atoms with Crippen LogP contribution in [0.5, 0.6) is 0 Å². The van der Waals surface area contributed by atoms with Gasteiger partial charge < -0.3 is 20.3 Å². The molecule has 176 valence electrons. The van der Waals surface area contributed by atoms with Crippen molar-refractivity contribution < 1.29 is 18.3 Å². The number of hydrogen-bond donors (Lipinski definition) is 2. The molecule has 0 saturated carbocycles. The van der Waals surface area contributed by atoms with Crippen LogP contribution < -0.4 is 15.5 Å². The molecule has 3 aromatic heterocycles. The van der Waals surface area contributed by atoms with Crippen LogP contribution in [0.25, 0.3) is 11.3 Å². The third-order valence-corrected chi connectivity index (χ3v) is 5.52. The van der Waals surface area contributed by atoms with Gasteiger partial charge in [0.15, 0.2) is 0 Å². The molecule has 3 aromatic rings. The number of alkyl halides is 2. The highest BCUT2D eigenvalue weighted by Crippen LogP contribution is 2.33. The van der Waals surface area contributed by atoms with Crippen molar-refractivity contribution in [3.8, 4) is 11.3 Å². The number of ether oxygens (including phenoxy) is 1. The second-order valence-electron chi connectivity index (χ2n) is 8.36. The monoisotopic (exact) mass is 468 g/mol. The maximum absolute atomic E-state index is 13.7. The zero-order chi connectivity index (χ0) is 23.9. The molecule has 10 nitrogen and oxygen atoms in total. The Labute approximate surface area is 193 Å². The highest BCUT2D eigenvalue weighted by atomic mass is 19.3. The van der Waals surface area contributed by atoms with E-state index in [2.05, 4.69) is 40.5 Å². The molecule has 3 aliphatic rings. The number of carbonyl (C=O) groups is 1. The number of anilines is 4. The lowest BCUT2D eigenvalue weighted by molar-refractivity contribution is -0.133. The van der Waals surface area contributed by atoms with Crippen molar-refractivity contribution in [1.82, 2.24) is 24.9 Å². The van der Waals surface area contributed by atoms with Gasteiger partial charge >= 0.3 is 5.92 Å². The summed E-state index contributed by atoms with van der Waals surface area (Å²) in [5, 5.41) is 5.62. The van der Waals surface area contributed by atoms with Crippen molar-refractivity contribution >= 4 is 29.0 Å². The summed E-state index contributed by atoms with van der Waals surface area (Å²) in [4.78, 5) is 34.6. The molecule has 0 spiro atoms. The van der Waals surface area contributed by atoms with Crippen LogP contribution in [0, 0.1) is 0 Å². The Kier molecular flexibility index (Phi) is 5.52. The predicted molar refractivity (Wildman–Crippen MR) is 120 cm³/mol. The van der Waals surface area contributed by atoms with E-state index in [0.29, 0.717) is 16.9 Å². The molecule has 2 atom stereocenters. The highest BCUT2D eigenvalue weighted by molar-refractivity contribution is 5.89. The van der Waals surface area contributed by atoms with E-state index in [4.69, 9.17) is 4.74 Å². The molecule has 0 unspecified atom stereocenters. The Balaban J connectivity index is 1.45. The van der Waals surface area contributed by atoms with E-state index >= 15 is 0 Å². The van der Waals surface area contributed by atoms with Gasteiger partial charge in [-0.25, -0.2) is 19.9 Å². The largest absolute Gasteiger partial charge is 0.371 e. The lowest BCUT2D eigenvalue weighted by atomic mass is 9.99. The number of fused-ring (bicyclic) bond motifs is 2. The summed E-state index contributed by atoms with van der Waals surface area (Å²) in [5.41, 5.74) is 1.53. The van der Waals surface area contributed by atoms with Gasteiger partial charge in [-0.3, -0.25) is 9.78 Å². The summed E-state index contributed by atoms with van der Waals surface area (Å²) < 4.78 is 33.1. The second kappa shape index (κ2) is 8.52. The molecule has 3 saturated heterocycles. The fourth-order valence-corrected chi connectivity index (χ4v) is 3.96. The Bertz CT molecular complexity index is 1200. The first kappa shape index (κ1) is 22.0. The third kappa shape index (κ3) is 4.62. The summed E-state index contributed by atoms with van der Waals surface area (Å²) in [5.74, 6) is -2.90. The molecule has 12 heteroatoms. The first-order valence-corrected chi connectivity index (χ1v) is 10.7. The van der Waals surface area contributed by atoms with Gasteiger partial charge in [0, 0.05) is 57.4 Å². The summed E-state index contributed by atoms with van der Waals surface area (Å²) in [6.45, 7) is 3.65. The Hall–Kier alpha value is -3.80. The van der Waals surface area contributed by atoms with Gasteiger partial charge in [0.25, 0.3) is 0 Å². The molecule has 0 radical (unpaired) electrons. The van der Waals surface area contributed by atoms with E-state index in [1.807, 2.05) is 0 Å². The van der Waals surface area contributed by atoms with E-state index in [1.165, 1.54) is 25.4 Å². The number of nitrogens with one attached hydrogen (secondary N) is 2. The van der Waals surface area contributed by atoms with Crippen molar-refractivity contribution in [2.75, 3.05) is 28.6 Å². The second-order valence-corrected chi connectivity index (χ2v) is 8.36. The molecular weight excluding hydrogens is 446 g/mol. The van der Waals surface area contributed by atoms with Crippen LogP contribution in [0.1, 0.15) is 26.1 Å². The number of amides is 1.